The Morgan fingerprint density at radius 1 is 0.759 bits per heavy atom. The van der Waals surface area contributed by atoms with E-state index in [2.05, 4.69) is 13.8 Å². The molecule has 2 heterocycles. The Morgan fingerprint density at radius 3 is 1.74 bits per heavy atom. The van der Waals surface area contributed by atoms with Crippen molar-refractivity contribution in [1.82, 2.24) is 0 Å². The number of carboxylic acid groups (broad SMARTS) is 1. The lowest BCUT2D eigenvalue weighted by Crippen LogP contribution is -2.55. The number of ether oxygens (including phenoxy) is 4. The summed E-state index contributed by atoms with van der Waals surface area (Å²) in [4.78, 5) is 66.3. The highest BCUT2D eigenvalue weighted by molar-refractivity contribution is 5.91. The lowest BCUT2D eigenvalue weighted by molar-refractivity contribution is -0.182. The SMILES string of the molecule is CC(C)C1CCC(CO)=CC1C=C(CO)C(=O)OCC1(O)CCC(C(C)C)C2C=C(C(=O)OCC3(O)CCC(C(C)C)C4C=C(C(=O)O)COC(=O)C43)COC(=O)C21. The summed E-state index contributed by atoms with van der Waals surface area (Å²) in [7, 11) is 0. The van der Waals surface area contributed by atoms with E-state index < -0.39 is 97.8 Å². The van der Waals surface area contributed by atoms with Crippen LogP contribution in [0.3, 0.4) is 0 Å². The van der Waals surface area contributed by atoms with Crippen LogP contribution in [0.25, 0.3) is 0 Å². The minimum absolute atomic E-state index is 0.00277. The maximum absolute atomic E-state index is 13.8. The predicted molar refractivity (Wildman–Crippen MR) is 208 cm³/mol. The third kappa shape index (κ3) is 9.61. The maximum Gasteiger partial charge on any atom is 0.337 e. The van der Waals surface area contributed by atoms with E-state index in [-0.39, 0.29) is 77.6 Å². The molecular weight excluding hydrogens is 752 g/mol. The van der Waals surface area contributed by atoms with E-state index in [1.54, 1.807) is 12.2 Å². The highest BCUT2D eigenvalue weighted by Crippen LogP contribution is 2.49. The summed E-state index contributed by atoms with van der Waals surface area (Å²) in [6.45, 7) is 9.17. The Kier molecular flexibility index (Phi) is 14.5. The zero-order valence-corrected chi connectivity index (χ0v) is 34.6. The van der Waals surface area contributed by atoms with Crippen LogP contribution in [0.15, 0.2) is 46.6 Å². The fourth-order valence-electron chi connectivity index (χ4n) is 10.2. The van der Waals surface area contributed by atoms with Crippen molar-refractivity contribution in [2.24, 2.45) is 65.1 Å². The molecule has 58 heavy (non-hydrogen) atoms. The largest absolute Gasteiger partial charge is 0.478 e. The fourth-order valence-corrected chi connectivity index (χ4v) is 10.2. The van der Waals surface area contributed by atoms with Crippen molar-refractivity contribution in [3.05, 3.63) is 46.6 Å². The average molecular weight is 815 g/mol. The number of carbonyl (C=O) groups is 5. The number of aliphatic hydroxyl groups excluding tert-OH is 2. The molecule has 3 aliphatic carbocycles. The van der Waals surface area contributed by atoms with Gasteiger partial charge in [-0.15, -0.1) is 0 Å². The van der Waals surface area contributed by atoms with Crippen molar-refractivity contribution >= 4 is 29.8 Å². The molecule has 10 atom stereocenters. The van der Waals surface area contributed by atoms with Gasteiger partial charge in [0.25, 0.3) is 0 Å². The van der Waals surface area contributed by atoms with E-state index in [9.17, 15) is 49.5 Å². The molecule has 14 heteroatoms. The molecule has 0 bridgehead atoms. The molecule has 0 spiro atoms. The molecule has 0 aromatic rings. The second-order valence-corrected chi connectivity index (χ2v) is 18.1. The molecule has 0 saturated heterocycles. The number of fused-ring (bicyclic) bond motifs is 2. The molecule has 5 N–H and O–H groups in total. The van der Waals surface area contributed by atoms with Gasteiger partial charge in [-0.25, -0.2) is 14.4 Å². The van der Waals surface area contributed by atoms with Crippen molar-refractivity contribution in [2.45, 2.75) is 91.3 Å². The molecule has 14 nitrogen and oxygen atoms in total. The second-order valence-electron chi connectivity index (χ2n) is 18.1. The summed E-state index contributed by atoms with van der Waals surface area (Å²) in [5, 5.41) is 53.7. The third-order valence-electron chi connectivity index (χ3n) is 13.5. The minimum atomic E-state index is -1.88. The first kappa shape index (κ1) is 45.2. The third-order valence-corrected chi connectivity index (χ3v) is 13.5. The summed E-state index contributed by atoms with van der Waals surface area (Å²) in [6.07, 6.45) is 9.21. The predicted octanol–water partition coefficient (Wildman–Crippen LogP) is 3.70. The maximum atomic E-state index is 13.8. The normalized spacial score (nSPS) is 34.4. The van der Waals surface area contributed by atoms with Crippen LogP contribution in [0, 0.1) is 65.1 Å². The van der Waals surface area contributed by atoms with Crippen LogP contribution in [0.1, 0.15) is 80.1 Å². The van der Waals surface area contributed by atoms with Crippen LogP contribution < -0.4 is 0 Å². The van der Waals surface area contributed by atoms with Crippen molar-refractivity contribution in [1.29, 1.82) is 0 Å². The second kappa shape index (κ2) is 18.6. The van der Waals surface area contributed by atoms with Crippen LogP contribution in [0.5, 0.6) is 0 Å². The van der Waals surface area contributed by atoms with E-state index in [0.717, 1.165) is 18.4 Å². The topological polar surface area (TPSA) is 223 Å². The number of cyclic esters (lactones) is 2. The number of rotatable bonds is 13. The molecule has 2 fully saturated rings. The van der Waals surface area contributed by atoms with Crippen molar-refractivity contribution in [2.75, 3.05) is 39.6 Å². The van der Waals surface area contributed by atoms with Gasteiger partial charge in [-0.3, -0.25) is 9.59 Å². The lowest BCUT2D eigenvalue weighted by Gasteiger charge is -2.46. The Bertz CT molecular complexity index is 1700. The van der Waals surface area contributed by atoms with E-state index >= 15 is 0 Å². The van der Waals surface area contributed by atoms with Gasteiger partial charge in [0.2, 0.25) is 0 Å². The standard InChI is InChI=1S/C44H62O14/c1-23(2)31-8-7-26(17-45)13-27(31)14-28(18-46)39(49)57-21-43(53)12-10-33(25(5)6)35-16-30(20-56-42(52)37(35)43)40(50)58-22-44(54)11-9-32(24(3)4)34-15-29(38(47)48)19-55-41(51)36(34)44/h13-16,23-25,27,31-37,45-46,53-54H,7-12,17-22H2,1-6H3,(H,47,48). The number of carbonyl (C=O) groups excluding carboxylic acids is 4. The van der Waals surface area contributed by atoms with Crippen LogP contribution in [0.2, 0.25) is 0 Å². The monoisotopic (exact) mass is 814 g/mol. The highest BCUT2D eigenvalue weighted by atomic mass is 16.6. The highest BCUT2D eigenvalue weighted by Gasteiger charge is 2.56. The minimum Gasteiger partial charge on any atom is -0.478 e. The van der Waals surface area contributed by atoms with Crippen molar-refractivity contribution in [3.8, 4) is 0 Å². The molecule has 0 radical (unpaired) electrons. The lowest BCUT2D eigenvalue weighted by atomic mass is 9.61. The van der Waals surface area contributed by atoms with Gasteiger partial charge in [-0.05, 0) is 97.4 Å². The first-order chi connectivity index (χ1) is 27.3. The Balaban J connectivity index is 1.35. The molecule has 5 aliphatic rings. The molecule has 0 aromatic heterocycles. The van der Waals surface area contributed by atoms with Crippen LogP contribution in [0.4, 0.5) is 0 Å². The molecule has 0 amide bonds. The number of aliphatic carboxylic acids is 1. The van der Waals surface area contributed by atoms with Gasteiger partial charge in [0.1, 0.15) is 37.6 Å². The number of esters is 4. The number of aliphatic hydroxyl groups is 4. The van der Waals surface area contributed by atoms with Gasteiger partial charge in [0.15, 0.2) is 0 Å². The number of hydrogen-bond acceptors (Lipinski definition) is 13. The Hall–Kier alpha value is -3.85. The number of allylic oxidation sites excluding steroid dienone is 4. The van der Waals surface area contributed by atoms with E-state index in [1.807, 2.05) is 33.8 Å². The quantitative estimate of drug-likeness (QED) is 0.0775. The smallest absolute Gasteiger partial charge is 0.337 e. The average Bonchev–Trinajstić information content (AvgIpc) is 3.47. The molecular formula is C44H62O14. The van der Waals surface area contributed by atoms with Gasteiger partial charge in [-0.1, -0.05) is 65.8 Å². The summed E-state index contributed by atoms with van der Waals surface area (Å²) in [5.41, 5.74) is -3.01. The van der Waals surface area contributed by atoms with Gasteiger partial charge in [0, 0.05) is 0 Å². The first-order valence-corrected chi connectivity index (χ1v) is 20.7. The fraction of sp³-hybridized carbons (Fsp3) is 0.705. The van der Waals surface area contributed by atoms with E-state index in [4.69, 9.17) is 18.9 Å². The molecule has 5 rings (SSSR count). The van der Waals surface area contributed by atoms with Gasteiger partial charge >= 0.3 is 29.8 Å². The van der Waals surface area contributed by atoms with Crippen LogP contribution in [-0.4, -0.2) is 106 Å². The van der Waals surface area contributed by atoms with E-state index in [1.165, 1.54) is 6.08 Å². The van der Waals surface area contributed by atoms with Gasteiger partial charge in [-0.2, -0.15) is 0 Å². The Labute approximate surface area is 340 Å². The van der Waals surface area contributed by atoms with Crippen molar-refractivity contribution in [3.63, 3.8) is 0 Å². The summed E-state index contributed by atoms with van der Waals surface area (Å²) in [5.74, 6) is -8.42. The summed E-state index contributed by atoms with van der Waals surface area (Å²) >= 11 is 0. The Morgan fingerprint density at radius 2 is 1.26 bits per heavy atom. The van der Waals surface area contributed by atoms with Crippen LogP contribution in [-0.2, 0) is 42.9 Å². The van der Waals surface area contributed by atoms with Crippen LogP contribution >= 0.6 is 0 Å². The molecule has 2 aliphatic heterocycles. The van der Waals surface area contributed by atoms with Crippen molar-refractivity contribution < 1.29 is 68.5 Å². The number of carboxylic acids is 1. The molecule has 10 unspecified atom stereocenters. The molecule has 322 valence electrons. The van der Waals surface area contributed by atoms with Gasteiger partial charge in [0.05, 0.1) is 41.8 Å². The number of hydrogen-bond donors (Lipinski definition) is 5. The molecule has 0 aromatic carbocycles. The summed E-state index contributed by atoms with van der Waals surface area (Å²) < 4.78 is 22.2. The zero-order chi connectivity index (χ0) is 42.7. The molecule has 2 saturated carbocycles. The zero-order valence-electron chi connectivity index (χ0n) is 34.6. The first-order valence-electron chi connectivity index (χ1n) is 20.7. The van der Waals surface area contributed by atoms with Gasteiger partial charge < -0.3 is 44.5 Å². The summed E-state index contributed by atoms with van der Waals surface area (Å²) in [6, 6.07) is 0. The van der Waals surface area contributed by atoms with E-state index in [0.29, 0.717) is 12.8 Å².